The van der Waals surface area contributed by atoms with Crippen LogP contribution >= 0.6 is 0 Å². The van der Waals surface area contributed by atoms with Crippen molar-refractivity contribution in [1.82, 2.24) is 25.4 Å². The second-order valence-corrected chi connectivity index (χ2v) is 8.79. The van der Waals surface area contributed by atoms with Gasteiger partial charge in [0.05, 0.1) is 6.04 Å². The number of carbonyl (C=O) groups is 1. The molecule has 0 bridgehead atoms. The lowest BCUT2D eigenvalue weighted by atomic mass is 9.96. The molecule has 2 fully saturated rings. The van der Waals surface area contributed by atoms with Crippen LogP contribution in [0.15, 0.2) is 54.9 Å². The van der Waals surface area contributed by atoms with Crippen molar-refractivity contribution < 1.29 is 4.79 Å². The molecule has 2 amide bonds. The molecule has 4 rings (SSSR count). The highest BCUT2D eigenvalue weighted by Crippen LogP contribution is 2.22. The van der Waals surface area contributed by atoms with Crippen LogP contribution in [0.1, 0.15) is 49.3 Å². The second-order valence-electron chi connectivity index (χ2n) is 8.79. The first-order chi connectivity index (χ1) is 15.3. The average molecular weight is 422 g/mol. The molecule has 6 nitrogen and oxygen atoms in total. The standard InChI is InChI=1S/C25H35N5O/c31-25(28-23-11-5-2-6-12-23)27-19-24(22-10-7-13-26-18-22)30-16-14-29(15-17-30)20-21-8-3-1-4-9-21/h1,3-4,7-10,13,18,23-24H,2,5-6,11-12,14-17,19-20H2,(H2,27,28,31)/t24-/m0/s1. The van der Waals surface area contributed by atoms with Gasteiger partial charge in [0.25, 0.3) is 0 Å². The topological polar surface area (TPSA) is 60.5 Å². The smallest absolute Gasteiger partial charge is 0.315 e. The molecule has 1 aromatic carbocycles. The summed E-state index contributed by atoms with van der Waals surface area (Å²) in [5.41, 5.74) is 2.53. The zero-order valence-corrected chi connectivity index (χ0v) is 18.4. The van der Waals surface area contributed by atoms with Crippen LogP contribution in [0.2, 0.25) is 0 Å². The molecular formula is C25H35N5O. The Kier molecular flexibility index (Phi) is 7.91. The van der Waals surface area contributed by atoms with E-state index >= 15 is 0 Å². The number of hydrogen-bond donors (Lipinski definition) is 2. The average Bonchev–Trinajstić information content (AvgIpc) is 2.82. The van der Waals surface area contributed by atoms with E-state index in [1.807, 2.05) is 18.5 Å². The summed E-state index contributed by atoms with van der Waals surface area (Å²) < 4.78 is 0. The van der Waals surface area contributed by atoms with Gasteiger partial charge in [-0.3, -0.25) is 14.8 Å². The van der Waals surface area contributed by atoms with Gasteiger partial charge in [0.2, 0.25) is 0 Å². The molecule has 1 aliphatic carbocycles. The summed E-state index contributed by atoms with van der Waals surface area (Å²) in [5.74, 6) is 0. The van der Waals surface area contributed by atoms with E-state index in [0.29, 0.717) is 12.6 Å². The van der Waals surface area contributed by atoms with E-state index in [1.165, 1.54) is 24.8 Å². The van der Waals surface area contributed by atoms with Crippen molar-refractivity contribution in [2.24, 2.45) is 0 Å². The highest BCUT2D eigenvalue weighted by molar-refractivity contribution is 5.74. The Hall–Kier alpha value is -2.44. The summed E-state index contributed by atoms with van der Waals surface area (Å²) in [7, 11) is 0. The highest BCUT2D eigenvalue weighted by Gasteiger charge is 2.26. The summed E-state index contributed by atoms with van der Waals surface area (Å²) in [5, 5.41) is 6.31. The van der Waals surface area contributed by atoms with E-state index in [9.17, 15) is 4.79 Å². The predicted octanol–water partition coefficient (Wildman–Crippen LogP) is 3.57. The number of benzene rings is 1. The molecule has 31 heavy (non-hydrogen) atoms. The molecule has 1 aromatic heterocycles. The fraction of sp³-hybridized carbons (Fsp3) is 0.520. The highest BCUT2D eigenvalue weighted by atomic mass is 16.2. The minimum atomic E-state index is -0.0384. The van der Waals surface area contributed by atoms with Crippen molar-refractivity contribution in [3.05, 3.63) is 66.0 Å². The molecule has 0 radical (unpaired) electrons. The van der Waals surface area contributed by atoms with Gasteiger partial charge in [0.15, 0.2) is 0 Å². The zero-order valence-electron chi connectivity index (χ0n) is 18.4. The molecule has 2 heterocycles. The number of urea groups is 1. The summed E-state index contributed by atoms with van der Waals surface area (Å²) in [6.45, 7) is 5.62. The first kappa shape index (κ1) is 21.8. The van der Waals surface area contributed by atoms with Gasteiger partial charge < -0.3 is 10.6 Å². The van der Waals surface area contributed by atoms with E-state index in [0.717, 1.165) is 51.1 Å². The van der Waals surface area contributed by atoms with Crippen LogP contribution in [0.25, 0.3) is 0 Å². The molecule has 0 spiro atoms. The summed E-state index contributed by atoms with van der Waals surface area (Å²) in [4.78, 5) is 21.8. The van der Waals surface area contributed by atoms with E-state index in [4.69, 9.17) is 0 Å². The third kappa shape index (κ3) is 6.52. The van der Waals surface area contributed by atoms with E-state index in [-0.39, 0.29) is 12.1 Å². The second kappa shape index (κ2) is 11.3. The molecule has 1 atom stereocenters. The number of nitrogens with zero attached hydrogens (tertiary/aromatic N) is 3. The Morgan fingerprint density at radius 3 is 2.48 bits per heavy atom. The van der Waals surface area contributed by atoms with Crippen molar-refractivity contribution in [2.75, 3.05) is 32.7 Å². The molecular weight excluding hydrogens is 386 g/mol. The SMILES string of the molecule is O=C(NC[C@@H](c1cccnc1)N1CCN(Cc2ccccc2)CC1)NC1CCCCC1. The van der Waals surface area contributed by atoms with Crippen LogP contribution in [0, 0.1) is 0 Å². The van der Waals surface area contributed by atoms with Crippen LogP contribution in [0.3, 0.4) is 0 Å². The van der Waals surface area contributed by atoms with E-state index in [1.54, 1.807) is 0 Å². The van der Waals surface area contributed by atoms with Gasteiger partial charge in [-0.15, -0.1) is 0 Å². The maximum absolute atomic E-state index is 12.5. The van der Waals surface area contributed by atoms with Gasteiger partial charge in [-0.25, -0.2) is 4.79 Å². The monoisotopic (exact) mass is 421 g/mol. The molecule has 6 heteroatoms. The minimum Gasteiger partial charge on any atom is -0.336 e. The van der Waals surface area contributed by atoms with Crippen molar-refractivity contribution in [3.63, 3.8) is 0 Å². The quantitative estimate of drug-likeness (QED) is 0.718. The molecule has 0 unspecified atom stereocenters. The number of aromatic nitrogens is 1. The summed E-state index contributed by atoms with van der Waals surface area (Å²) in [6, 6.07) is 15.2. The molecule has 2 aliphatic rings. The molecule has 1 aliphatic heterocycles. The first-order valence-corrected chi connectivity index (χ1v) is 11.7. The van der Waals surface area contributed by atoms with E-state index in [2.05, 4.69) is 61.8 Å². The van der Waals surface area contributed by atoms with E-state index < -0.39 is 0 Å². The Labute approximate surface area is 186 Å². The lowest BCUT2D eigenvalue weighted by Gasteiger charge is -2.39. The molecule has 166 valence electrons. The van der Waals surface area contributed by atoms with Crippen LogP contribution in [-0.2, 0) is 6.54 Å². The lowest BCUT2D eigenvalue weighted by Crippen LogP contribution is -2.51. The fourth-order valence-electron chi connectivity index (χ4n) is 4.78. The lowest BCUT2D eigenvalue weighted by molar-refractivity contribution is 0.0912. The number of hydrogen-bond acceptors (Lipinski definition) is 4. The van der Waals surface area contributed by atoms with Crippen molar-refractivity contribution >= 4 is 6.03 Å². The molecule has 1 saturated heterocycles. The van der Waals surface area contributed by atoms with Gasteiger partial charge in [-0.2, -0.15) is 0 Å². The summed E-state index contributed by atoms with van der Waals surface area (Å²) >= 11 is 0. The third-order valence-electron chi connectivity index (χ3n) is 6.56. The Bertz CT molecular complexity index is 786. The van der Waals surface area contributed by atoms with Gasteiger partial charge >= 0.3 is 6.03 Å². The van der Waals surface area contributed by atoms with Crippen LogP contribution in [0.5, 0.6) is 0 Å². The number of carbonyl (C=O) groups excluding carboxylic acids is 1. The normalized spacial score (nSPS) is 19.6. The minimum absolute atomic E-state index is 0.0384. The number of piperazine rings is 1. The first-order valence-electron chi connectivity index (χ1n) is 11.7. The Balaban J connectivity index is 1.32. The van der Waals surface area contributed by atoms with Crippen LogP contribution < -0.4 is 10.6 Å². The molecule has 2 aromatic rings. The number of nitrogens with one attached hydrogen (secondary N) is 2. The number of rotatable bonds is 7. The maximum atomic E-state index is 12.5. The number of pyridine rings is 1. The third-order valence-corrected chi connectivity index (χ3v) is 6.56. The zero-order chi connectivity index (χ0) is 21.3. The predicted molar refractivity (Wildman–Crippen MR) is 124 cm³/mol. The van der Waals surface area contributed by atoms with Crippen molar-refractivity contribution in [3.8, 4) is 0 Å². The largest absolute Gasteiger partial charge is 0.336 e. The van der Waals surface area contributed by atoms with Crippen LogP contribution in [-0.4, -0.2) is 59.6 Å². The van der Waals surface area contributed by atoms with Crippen LogP contribution in [0.4, 0.5) is 4.79 Å². The Morgan fingerprint density at radius 1 is 1.00 bits per heavy atom. The maximum Gasteiger partial charge on any atom is 0.315 e. The van der Waals surface area contributed by atoms with Gasteiger partial charge in [-0.05, 0) is 30.0 Å². The van der Waals surface area contributed by atoms with Gasteiger partial charge in [0, 0.05) is 57.7 Å². The fourth-order valence-corrected chi connectivity index (χ4v) is 4.78. The van der Waals surface area contributed by atoms with Crippen molar-refractivity contribution in [2.45, 2.75) is 50.7 Å². The van der Waals surface area contributed by atoms with Gasteiger partial charge in [-0.1, -0.05) is 55.7 Å². The Morgan fingerprint density at radius 2 is 1.77 bits per heavy atom. The van der Waals surface area contributed by atoms with Gasteiger partial charge in [0.1, 0.15) is 0 Å². The molecule has 1 saturated carbocycles. The summed E-state index contributed by atoms with van der Waals surface area (Å²) in [6.07, 6.45) is 9.67. The number of amides is 2. The molecule has 2 N–H and O–H groups in total. The van der Waals surface area contributed by atoms with Crippen molar-refractivity contribution in [1.29, 1.82) is 0 Å².